The zero-order valence-corrected chi connectivity index (χ0v) is 14.1. The predicted octanol–water partition coefficient (Wildman–Crippen LogP) is 5.06. The second-order valence-corrected chi connectivity index (χ2v) is 5.90. The number of ether oxygens (including phenoxy) is 1. The molecule has 21 heavy (non-hydrogen) atoms. The largest absolute Gasteiger partial charge is 0.492 e. The van der Waals surface area contributed by atoms with Crippen molar-refractivity contribution in [3.05, 3.63) is 57.0 Å². The fourth-order valence-corrected chi connectivity index (χ4v) is 2.72. The number of amides is 1. The molecule has 0 aliphatic rings. The number of halogens is 2. The van der Waals surface area contributed by atoms with Crippen LogP contribution in [0.2, 0.25) is 5.02 Å². The second-order valence-electron chi connectivity index (χ2n) is 4.54. The smallest absolute Gasteiger partial charge is 0.255 e. The molecule has 0 aliphatic heterocycles. The Kier molecular flexibility index (Phi) is 5.26. The van der Waals surface area contributed by atoms with Crippen molar-refractivity contribution in [3.63, 3.8) is 0 Å². The summed E-state index contributed by atoms with van der Waals surface area (Å²) in [5.74, 6) is 0.393. The van der Waals surface area contributed by atoms with Gasteiger partial charge in [-0.3, -0.25) is 4.79 Å². The third kappa shape index (κ3) is 4.22. The van der Waals surface area contributed by atoms with Gasteiger partial charge in [0.2, 0.25) is 0 Å². The van der Waals surface area contributed by atoms with E-state index in [-0.39, 0.29) is 5.91 Å². The Hall–Kier alpha value is -1.52. The van der Waals surface area contributed by atoms with Crippen LogP contribution in [0.4, 0.5) is 5.69 Å². The molecule has 0 saturated heterocycles. The van der Waals surface area contributed by atoms with E-state index in [1.807, 2.05) is 26.0 Å². The third-order valence-corrected chi connectivity index (χ3v) is 3.49. The highest BCUT2D eigenvalue weighted by molar-refractivity contribution is 9.10. The highest BCUT2D eigenvalue weighted by Gasteiger charge is 2.11. The minimum Gasteiger partial charge on any atom is -0.492 e. The average molecular weight is 369 g/mol. The Morgan fingerprint density at radius 3 is 2.71 bits per heavy atom. The highest BCUT2D eigenvalue weighted by Crippen LogP contribution is 2.28. The van der Waals surface area contributed by atoms with Gasteiger partial charge < -0.3 is 10.1 Å². The van der Waals surface area contributed by atoms with Crippen molar-refractivity contribution in [1.29, 1.82) is 0 Å². The normalized spacial score (nSPS) is 10.3. The van der Waals surface area contributed by atoms with Crippen LogP contribution in [-0.4, -0.2) is 12.5 Å². The van der Waals surface area contributed by atoms with Gasteiger partial charge in [-0.25, -0.2) is 0 Å². The topological polar surface area (TPSA) is 38.3 Å². The molecule has 0 saturated carbocycles. The minimum absolute atomic E-state index is 0.206. The van der Waals surface area contributed by atoms with Gasteiger partial charge in [0.15, 0.2) is 0 Å². The molecular formula is C16H15BrClNO2. The fraction of sp³-hybridized carbons (Fsp3) is 0.188. The molecule has 110 valence electrons. The molecule has 0 atom stereocenters. The standard InChI is InChI=1S/C16H15BrClNO2/c1-3-21-15-5-4-13(18)9-14(15)19-16(20)11-6-10(2)7-12(17)8-11/h4-9H,3H2,1-2H3,(H,19,20). The van der Waals surface area contributed by atoms with Crippen LogP contribution in [-0.2, 0) is 0 Å². The number of carbonyl (C=O) groups excluding carboxylic acids is 1. The zero-order chi connectivity index (χ0) is 15.4. The van der Waals surface area contributed by atoms with Gasteiger partial charge in [0.05, 0.1) is 12.3 Å². The van der Waals surface area contributed by atoms with E-state index in [0.717, 1.165) is 10.0 Å². The van der Waals surface area contributed by atoms with Crippen LogP contribution in [0.3, 0.4) is 0 Å². The molecule has 2 aromatic carbocycles. The van der Waals surface area contributed by atoms with Crippen LogP contribution in [0.1, 0.15) is 22.8 Å². The molecule has 5 heteroatoms. The first-order valence-corrected chi connectivity index (χ1v) is 7.67. The van der Waals surface area contributed by atoms with Gasteiger partial charge in [-0.2, -0.15) is 0 Å². The third-order valence-electron chi connectivity index (χ3n) is 2.79. The number of rotatable bonds is 4. The molecular weight excluding hydrogens is 354 g/mol. The number of carbonyl (C=O) groups is 1. The van der Waals surface area contributed by atoms with Crippen molar-refractivity contribution in [2.45, 2.75) is 13.8 Å². The molecule has 0 spiro atoms. The van der Waals surface area contributed by atoms with Crippen molar-refractivity contribution < 1.29 is 9.53 Å². The van der Waals surface area contributed by atoms with Crippen molar-refractivity contribution in [2.24, 2.45) is 0 Å². The van der Waals surface area contributed by atoms with Gasteiger partial charge in [-0.1, -0.05) is 27.5 Å². The van der Waals surface area contributed by atoms with E-state index in [2.05, 4.69) is 21.2 Å². The first-order chi connectivity index (χ1) is 9.99. The molecule has 0 unspecified atom stereocenters. The van der Waals surface area contributed by atoms with Gasteiger partial charge in [-0.05, 0) is 55.8 Å². The lowest BCUT2D eigenvalue weighted by atomic mass is 10.1. The lowest BCUT2D eigenvalue weighted by Crippen LogP contribution is -2.13. The summed E-state index contributed by atoms with van der Waals surface area (Å²) in [7, 11) is 0. The van der Waals surface area contributed by atoms with Gasteiger partial charge >= 0.3 is 0 Å². The van der Waals surface area contributed by atoms with Crippen molar-refractivity contribution >= 4 is 39.1 Å². The van der Waals surface area contributed by atoms with E-state index in [1.165, 1.54) is 0 Å². The lowest BCUT2D eigenvalue weighted by Gasteiger charge is -2.12. The summed E-state index contributed by atoms with van der Waals surface area (Å²) in [5.41, 5.74) is 2.14. The highest BCUT2D eigenvalue weighted by atomic mass is 79.9. The summed E-state index contributed by atoms with van der Waals surface area (Å²) in [6, 6.07) is 10.7. The van der Waals surface area contributed by atoms with E-state index in [0.29, 0.717) is 28.6 Å². The van der Waals surface area contributed by atoms with Gasteiger partial charge in [0.1, 0.15) is 5.75 Å². The van der Waals surface area contributed by atoms with Gasteiger partial charge in [0.25, 0.3) is 5.91 Å². The van der Waals surface area contributed by atoms with Crippen molar-refractivity contribution in [2.75, 3.05) is 11.9 Å². The second kappa shape index (κ2) is 6.96. The Bertz CT molecular complexity index is 653. The molecule has 0 aliphatic carbocycles. The zero-order valence-electron chi connectivity index (χ0n) is 11.7. The van der Waals surface area contributed by atoms with Crippen molar-refractivity contribution in [3.8, 4) is 5.75 Å². The van der Waals surface area contributed by atoms with Gasteiger partial charge in [0, 0.05) is 15.1 Å². The number of benzene rings is 2. The molecule has 0 heterocycles. The Morgan fingerprint density at radius 2 is 2.05 bits per heavy atom. The maximum Gasteiger partial charge on any atom is 0.255 e. The number of aryl methyl sites for hydroxylation is 1. The Labute approximate surface area is 137 Å². The fourth-order valence-electron chi connectivity index (χ4n) is 1.94. The summed E-state index contributed by atoms with van der Waals surface area (Å²) in [5, 5.41) is 3.38. The SMILES string of the molecule is CCOc1ccc(Cl)cc1NC(=O)c1cc(C)cc(Br)c1. The Balaban J connectivity index is 2.28. The summed E-state index contributed by atoms with van der Waals surface area (Å²) >= 11 is 9.37. The minimum atomic E-state index is -0.206. The first kappa shape index (κ1) is 15.9. The van der Waals surface area contributed by atoms with E-state index in [1.54, 1.807) is 24.3 Å². The van der Waals surface area contributed by atoms with Crippen LogP contribution in [0.25, 0.3) is 0 Å². The average Bonchev–Trinajstić information content (AvgIpc) is 2.41. The molecule has 0 bridgehead atoms. The molecule has 2 aromatic rings. The summed E-state index contributed by atoms with van der Waals surface area (Å²) in [6.07, 6.45) is 0. The maximum absolute atomic E-state index is 12.4. The number of anilines is 1. The summed E-state index contributed by atoms with van der Waals surface area (Å²) in [6.45, 7) is 4.34. The van der Waals surface area contributed by atoms with E-state index < -0.39 is 0 Å². The van der Waals surface area contributed by atoms with Crippen LogP contribution in [0, 0.1) is 6.92 Å². The predicted molar refractivity (Wildman–Crippen MR) is 89.5 cm³/mol. The molecule has 1 N–H and O–H groups in total. The molecule has 0 aromatic heterocycles. The molecule has 0 fully saturated rings. The number of nitrogens with one attached hydrogen (secondary N) is 1. The van der Waals surface area contributed by atoms with Crippen LogP contribution in [0.5, 0.6) is 5.75 Å². The van der Waals surface area contributed by atoms with E-state index in [9.17, 15) is 4.79 Å². The summed E-state index contributed by atoms with van der Waals surface area (Å²) < 4.78 is 6.36. The number of hydrogen-bond acceptors (Lipinski definition) is 2. The summed E-state index contributed by atoms with van der Waals surface area (Å²) in [4.78, 5) is 12.4. The quantitative estimate of drug-likeness (QED) is 0.819. The van der Waals surface area contributed by atoms with Crippen LogP contribution in [0.15, 0.2) is 40.9 Å². The molecule has 3 nitrogen and oxygen atoms in total. The Morgan fingerprint density at radius 1 is 1.29 bits per heavy atom. The monoisotopic (exact) mass is 367 g/mol. The van der Waals surface area contributed by atoms with Crippen LogP contribution >= 0.6 is 27.5 Å². The van der Waals surface area contributed by atoms with Crippen molar-refractivity contribution in [1.82, 2.24) is 0 Å². The van der Waals surface area contributed by atoms with Gasteiger partial charge in [-0.15, -0.1) is 0 Å². The van der Waals surface area contributed by atoms with E-state index >= 15 is 0 Å². The molecule has 0 radical (unpaired) electrons. The number of hydrogen-bond donors (Lipinski definition) is 1. The molecule has 2 rings (SSSR count). The first-order valence-electron chi connectivity index (χ1n) is 6.50. The maximum atomic E-state index is 12.4. The lowest BCUT2D eigenvalue weighted by molar-refractivity contribution is 0.102. The van der Waals surface area contributed by atoms with Crippen LogP contribution < -0.4 is 10.1 Å². The van der Waals surface area contributed by atoms with E-state index in [4.69, 9.17) is 16.3 Å². The molecule has 1 amide bonds.